The van der Waals surface area contributed by atoms with Gasteiger partial charge in [-0.2, -0.15) is 26.3 Å². The predicted octanol–water partition coefficient (Wildman–Crippen LogP) is 3.21. The molecule has 0 unspecified atom stereocenters. The van der Waals surface area contributed by atoms with Crippen LogP contribution in [0.4, 0.5) is 37.7 Å². The Morgan fingerprint density at radius 3 is 1.97 bits per heavy atom. The molecule has 3 aromatic carbocycles. The predicted molar refractivity (Wildman–Crippen MR) is 112 cm³/mol. The van der Waals surface area contributed by atoms with E-state index in [0.717, 1.165) is 24.3 Å². The molecular formula is C23H16Cl2F6N2. The van der Waals surface area contributed by atoms with Crippen LogP contribution in [0.25, 0.3) is 0 Å². The molecule has 3 aromatic rings. The SMILES string of the molecule is FC(F)(F)c1ccc([NH+]=C(/C=C/Nc2cccc(C(F)(F)F)c2)c2ccc(Cl)cc2)cc1.[Cl-]. The van der Waals surface area contributed by atoms with Gasteiger partial charge in [0.05, 0.1) is 11.1 Å². The maximum absolute atomic E-state index is 12.9. The molecule has 0 aliphatic rings. The van der Waals surface area contributed by atoms with Gasteiger partial charge in [-0.1, -0.05) is 17.7 Å². The summed E-state index contributed by atoms with van der Waals surface area (Å²) in [4.78, 5) is 3.01. The Hall–Kier alpha value is -2.97. The molecule has 0 aromatic heterocycles. The monoisotopic (exact) mass is 504 g/mol. The lowest BCUT2D eigenvalue weighted by Crippen LogP contribution is -3.00. The Balaban J connectivity index is 0.00000385. The Labute approximate surface area is 197 Å². The zero-order valence-corrected chi connectivity index (χ0v) is 18.1. The van der Waals surface area contributed by atoms with E-state index in [1.807, 2.05) is 0 Å². The molecule has 0 heterocycles. The zero-order chi connectivity index (χ0) is 23.4. The van der Waals surface area contributed by atoms with Crippen LogP contribution in [-0.4, -0.2) is 5.71 Å². The summed E-state index contributed by atoms with van der Waals surface area (Å²) in [6.45, 7) is 0. The van der Waals surface area contributed by atoms with E-state index in [9.17, 15) is 26.3 Å². The standard InChI is InChI=1S/C23H15ClF6N2.ClH/c24-18-8-4-15(5-9-18)21(32-19-10-6-16(7-11-19)22(25,26)27)12-13-31-20-3-1-2-17(14-20)23(28,29)30;/h1-14,31H;1H/b13-12+,32-21?;. The van der Waals surface area contributed by atoms with Crippen molar-refractivity contribution in [2.75, 3.05) is 5.32 Å². The maximum atomic E-state index is 12.9. The van der Waals surface area contributed by atoms with Gasteiger partial charge >= 0.3 is 12.4 Å². The summed E-state index contributed by atoms with van der Waals surface area (Å²) < 4.78 is 77.0. The lowest BCUT2D eigenvalue weighted by molar-refractivity contribution is -0.351. The molecule has 0 amide bonds. The van der Waals surface area contributed by atoms with Crippen LogP contribution >= 0.6 is 11.6 Å². The molecule has 0 aliphatic carbocycles. The van der Waals surface area contributed by atoms with Crippen LogP contribution in [0.5, 0.6) is 0 Å². The van der Waals surface area contributed by atoms with Crippen LogP contribution in [0.3, 0.4) is 0 Å². The Kier molecular flexibility index (Phi) is 8.57. The van der Waals surface area contributed by atoms with Crippen LogP contribution in [0, 0.1) is 0 Å². The van der Waals surface area contributed by atoms with Crippen molar-refractivity contribution >= 4 is 28.7 Å². The fourth-order valence-electron chi connectivity index (χ4n) is 2.74. The second kappa shape index (κ2) is 10.8. The first-order valence-electron chi connectivity index (χ1n) is 9.20. The third kappa shape index (κ3) is 7.54. The Morgan fingerprint density at radius 1 is 0.788 bits per heavy atom. The quantitative estimate of drug-likeness (QED) is 0.405. The first-order chi connectivity index (χ1) is 15.0. The molecule has 2 nitrogen and oxygen atoms in total. The molecule has 174 valence electrons. The second-order valence-electron chi connectivity index (χ2n) is 6.68. The minimum Gasteiger partial charge on any atom is -1.00 e. The number of hydrogen-bond donors (Lipinski definition) is 2. The van der Waals surface area contributed by atoms with Gasteiger partial charge in [-0.05, 0) is 54.6 Å². The molecule has 0 bridgehead atoms. The number of anilines is 1. The van der Waals surface area contributed by atoms with Crippen LogP contribution in [0.1, 0.15) is 16.7 Å². The largest absolute Gasteiger partial charge is 1.00 e. The normalized spacial score (nSPS) is 12.5. The topological polar surface area (TPSA) is 26.0 Å². The van der Waals surface area contributed by atoms with Crippen molar-refractivity contribution in [1.29, 1.82) is 0 Å². The molecule has 10 heteroatoms. The average molecular weight is 505 g/mol. The van der Waals surface area contributed by atoms with Crippen LogP contribution in [0.2, 0.25) is 5.02 Å². The first kappa shape index (κ1) is 26.3. The van der Waals surface area contributed by atoms with Crippen molar-refractivity contribution < 1.29 is 43.7 Å². The maximum Gasteiger partial charge on any atom is 0.416 e. The van der Waals surface area contributed by atoms with Crippen LogP contribution in [-0.2, 0) is 12.4 Å². The number of rotatable bonds is 5. The average Bonchev–Trinajstić information content (AvgIpc) is 2.73. The van der Waals surface area contributed by atoms with E-state index in [0.29, 0.717) is 22.0 Å². The molecule has 33 heavy (non-hydrogen) atoms. The smallest absolute Gasteiger partial charge is 0.416 e. The van der Waals surface area contributed by atoms with E-state index in [1.165, 1.54) is 30.5 Å². The highest BCUT2D eigenvalue weighted by molar-refractivity contribution is 6.30. The number of benzene rings is 3. The summed E-state index contributed by atoms with van der Waals surface area (Å²) in [5.41, 5.74) is 0.198. The van der Waals surface area contributed by atoms with Gasteiger partial charge < -0.3 is 17.7 Å². The van der Waals surface area contributed by atoms with Gasteiger partial charge in [0.2, 0.25) is 11.4 Å². The highest BCUT2D eigenvalue weighted by Gasteiger charge is 2.31. The third-order valence-electron chi connectivity index (χ3n) is 4.34. The minimum absolute atomic E-state index is 0. The number of nitrogens with one attached hydrogen (secondary N) is 2. The van der Waals surface area contributed by atoms with Crippen LogP contribution < -0.4 is 22.7 Å². The van der Waals surface area contributed by atoms with Crippen LogP contribution in [0.15, 0.2) is 85.1 Å². The van der Waals surface area contributed by atoms with Gasteiger partial charge in [0.25, 0.3) is 0 Å². The Bertz CT molecular complexity index is 1120. The number of halogens is 8. The van der Waals surface area contributed by atoms with E-state index in [-0.39, 0.29) is 18.1 Å². The highest BCUT2D eigenvalue weighted by Crippen LogP contribution is 2.31. The number of allylic oxidation sites excluding steroid dienone is 1. The minimum atomic E-state index is -4.47. The summed E-state index contributed by atoms with van der Waals surface area (Å²) in [6.07, 6.45) is -5.93. The van der Waals surface area contributed by atoms with Gasteiger partial charge in [-0.15, -0.1) is 0 Å². The molecule has 3 rings (SSSR count). The lowest BCUT2D eigenvalue weighted by atomic mass is 10.1. The summed E-state index contributed by atoms with van der Waals surface area (Å²) in [5, 5.41) is 3.26. The summed E-state index contributed by atoms with van der Waals surface area (Å²) >= 11 is 5.91. The van der Waals surface area contributed by atoms with E-state index in [1.54, 1.807) is 30.3 Å². The first-order valence-corrected chi connectivity index (χ1v) is 9.58. The molecule has 0 radical (unpaired) electrons. The summed E-state index contributed by atoms with van der Waals surface area (Å²) in [5.74, 6) is 0. The van der Waals surface area contributed by atoms with Crippen molar-refractivity contribution in [3.8, 4) is 0 Å². The molecule has 0 aliphatic heterocycles. The summed E-state index contributed by atoms with van der Waals surface area (Å²) in [7, 11) is 0. The van der Waals surface area contributed by atoms with Crippen molar-refractivity contribution in [3.05, 3.63) is 107 Å². The van der Waals surface area contributed by atoms with Crippen molar-refractivity contribution in [3.63, 3.8) is 0 Å². The number of alkyl halides is 6. The van der Waals surface area contributed by atoms with E-state index >= 15 is 0 Å². The Morgan fingerprint density at radius 2 is 1.39 bits per heavy atom. The van der Waals surface area contributed by atoms with E-state index in [2.05, 4.69) is 10.3 Å². The number of hydrogen-bond acceptors (Lipinski definition) is 1. The third-order valence-corrected chi connectivity index (χ3v) is 4.59. The molecule has 0 spiro atoms. The van der Waals surface area contributed by atoms with E-state index in [4.69, 9.17) is 11.6 Å². The van der Waals surface area contributed by atoms with Gasteiger partial charge in [-0.3, -0.25) is 0 Å². The van der Waals surface area contributed by atoms with E-state index < -0.39 is 23.5 Å². The van der Waals surface area contributed by atoms with Gasteiger partial charge in [-0.25, -0.2) is 4.99 Å². The highest BCUT2D eigenvalue weighted by atomic mass is 35.5. The summed E-state index contributed by atoms with van der Waals surface area (Å²) in [6, 6.07) is 15.8. The fourth-order valence-corrected chi connectivity index (χ4v) is 2.87. The van der Waals surface area contributed by atoms with Crippen molar-refractivity contribution in [2.24, 2.45) is 0 Å². The molecule has 0 fully saturated rings. The van der Waals surface area contributed by atoms with Crippen molar-refractivity contribution in [2.45, 2.75) is 12.4 Å². The molecule has 0 saturated carbocycles. The molecule has 2 N–H and O–H groups in total. The molecule has 0 atom stereocenters. The zero-order valence-electron chi connectivity index (χ0n) is 16.6. The van der Waals surface area contributed by atoms with Crippen molar-refractivity contribution in [1.82, 2.24) is 0 Å². The lowest BCUT2D eigenvalue weighted by Gasteiger charge is -2.08. The molecule has 0 saturated heterocycles. The van der Waals surface area contributed by atoms with Gasteiger partial charge in [0.15, 0.2) is 0 Å². The molecular weight excluding hydrogens is 489 g/mol. The van der Waals surface area contributed by atoms with Gasteiger partial charge in [0.1, 0.15) is 0 Å². The fraction of sp³-hybridized carbons (Fsp3) is 0.0870. The second-order valence-corrected chi connectivity index (χ2v) is 7.11. The van der Waals surface area contributed by atoms with Gasteiger partial charge in [0, 0.05) is 40.7 Å².